The summed E-state index contributed by atoms with van der Waals surface area (Å²) in [6.45, 7) is 1.93. The van der Waals surface area contributed by atoms with Gasteiger partial charge in [0.2, 0.25) is 0 Å². The van der Waals surface area contributed by atoms with Crippen LogP contribution in [0.5, 0.6) is 5.75 Å². The maximum Gasteiger partial charge on any atom is 0.422 e. The molecule has 6 nitrogen and oxygen atoms in total. The maximum atomic E-state index is 12.4. The molecule has 0 bridgehead atoms. The van der Waals surface area contributed by atoms with E-state index in [0.29, 0.717) is 6.61 Å². The Bertz CT molecular complexity index is 589. The molecule has 0 spiro atoms. The van der Waals surface area contributed by atoms with Crippen LogP contribution < -0.4 is 10.1 Å². The molecule has 134 valence electrons. The first-order chi connectivity index (χ1) is 11.2. The van der Waals surface area contributed by atoms with Crippen LogP contribution in [0.2, 0.25) is 0 Å². The highest BCUT2D eigenvalue weighted by Crippen LogP contribution is 2.28. The second-order valence-electron chi connectivity index (χ2n) is 4.69. The van der Waals surface area contributed by atoms with Crippen molar-refractivity contribution in [1.29, 1.82) is 0 Å². The molecule has 0 aliphatic carbocycles. The standard InChI is InChI=1S/C15H18F3NO5/c1-4-23-9(2)13(20)19-11-6-5-10(14(21)22-3)7-12(11)24-8-15(16,17)18/h5-7,9H,4,8H2,1-3H3,(H,19,20)/t9-/m1/s1. The first kappa shape index (κ1) is 19.8. The van der Waals surface area contributed by atoms with Crippen molar-refractivity contribution in [3.63, 3.8) is 0 Å². The van der Waals surface area contributed by atoms with Gasteiger partial charge in [0.05, 0.1) is 18.4 Å². The lowest BCUT2D eigenvalue weighted by Gasteiger charge is -2.17. The van der Waals surface area contributed by atoms with E-state index in [0.717, 1.165) is 13.2 Å². The van der Waals surface area contributed by atoms with Gasteiger partial charge in [-0.05, 0) is 32.0 Å². The van der Waals surface area contributed by atoms with E-state index in [2.05, 4.69) is 14.8 Å². The zero-order valence-electron chi connectivity index (χ0n) is 13.4. The predicted octanol–water partition coefficient (Wildman–Crippen LogP) is 2.78. The van der Waals surface area contributed by atoms with E-state index in [4.69, 9.17) is 4.74 Å². The smallest absolute Gasteiger partial charge is 0.422 e. The summed E-state index contributed by atoms with van der Waals surface area (Å²) < 4.78 is 51.4. The summed E-state index contributed by atoms with van der Waals surface area (Å²) in [4.78, 5) is 23.4. The molecule has 0 aliphatic heterocycles. The Morgan fingerprint density at radius 1 is 1.29 bits per heavy atom. The maximum absolute atomic E-state index is 12.4. The second kappa shape index (κ2) is 8.53. The van der Waals surface area contributed by atoms with Crippen LogP contribution in [0, 0.1) is 0 Å². The lowest BCUT2D eigenvalue weighted by Crippen LogP contribution is -2.28. The number of ether oxygens (including phenoxy) is 3. The van der Waals surface area contributed by atoms with Crippen molar-refractivity contribution < 1.29 is 37.0 Å². The van der Waals surface area contributed by atoms with Gasteiger partial charge in [-0.2, -0.15) is 13.2 Å². The van der Waals surface area contributed by atoms with Crippen LogP contribution in [-0.4, -0.2) is 44.5 Å². The first-order valence-electron chi connectivity index (χ1n) is 7.02. The van der Waals surface area contributed by atoms with Crippen LogP contribution in [0.3, 0.4) is 0 Å². The van der Waals surface area contributed by atoms with Gasteiger partial charge in [-0.3, -0.25) is 4.79 Å². The van der Waals surface area contributed by atoms with Crippen LogP contribution >= 0.6 is 0 Å². The van der Waals surface area contributed by atoms with Crippen molar-refractivity contribution in [1.82, 2.24) is 0 Å². The minimum absolute atomic E-state index is 0.00877. The third-order valence-corrected chi connectivity index (χ3v) is 2.84. The molecule has 1 rings (SSSR count). The molecular formula is C15H18F3NO5. The fourth-order valence-corrected chi connectivity index (χ4v) is 1.71. The summed E-state index contributed by atoms with van der Waals surface area (Å²) in [5.74, 6) is -1.60. The molecule has 1 amide bonds. The Kier molecular flexibility index (Phi) is 7.02. The lowest BCUT2D eigenvalue weighted by atomic mass is 10.2. The van der Waals surface area contributed by atoms with E-state index >= 15 is 0 Å². The molecular weight excluding hydrogens is 331 g/mol. The van der Waals surface area contributed by atoms with Crippen LogP contribution in [0.4, 0.5) is 18.9 Å². The van der Waals surface area contributed by atoms with Crippen LogP contribution in [0.15, 0.2) is 18.2 Å². The molecule has 1 aromatic rings. The Balaban J connectivity index is 3.04. The van der Waals surface area contributed by atoms with E-state index < -0.39 is 30.8 Å². The molecule has 0 fully saturated rings. The number of amides is 1. The van der Waals surface area contributed by atoms with Gasteiger partial charge in [0, 0.05) is 6.61 Å². The number of alkyl halides is 3. The van der Waals surface area contributed by atoms with E-state index in [9.17, 15) is 22.8 Å². The highest BCUT2D eigenvalue weighted by molar-refractivity contribution is 5.97. The summed E-state index contributed by atoms with van der Waals surface area (Å²) in [5.41, 5.74) is -0.0195. The average molecular weight is 349 g/mol. The average Bonchev–Trinajstić information content (AvgIpc) is 2.52. The summed E-state index contributed by atoms with van der Waals surface area (Å²) >= 11 is 0. The molecule has 1 atom stereocenters. The molecule has 0 heterocycles. The summed E-state index contributed by atoms with van der Waals surface area (Å²) in [5, 5.41) is 2.41. The summed E-state index contributed by atoms with van der Waals surface area (Å²) in [6.07, 6.45) is -5.37. The Labute approximate surface area is 136 Å². The highest BCUT2D eigenvalue weighted by atomic mass is 19.4. The summed E-state index contributed by atoms with van der Waals surface area (Å²) in [6, 6.07) is 3.63. The van der Waals surface area contributed by atoms with E-state index in [1.807, 2.05) is 0 Å². The van der Waals surface area contributed by atoms with E-state index in [1.165, 1.54) is 19.1 Å². The van der Waals surface area contributed by atoms with Crippen molar-refractivity contribution in [3.8, 4) is 5.75 Å². The lowest BCUT2D eigenvalue weighted by molar-refractivity contribution is -0.153. The van der Waals surface area contributed by atoms with Gasteiger partial charge in [0.15, 0.2) is 6.61 Å². The number of halogens is 3. The van der Waals surface area contributed by atoms with Gasteiger partial charge in [-0.25, -0.2) is 4.79 Å². The number of esters is 1. The number of hydrogen-bond acceptors (Lipinski definition) is 5. The zero-order chi connectivity index (χ0) is 18.3. The molecule has 9 heteroatoms. The minimum Gasteiger partial charge on any atom is -0.482 e. The highest BCUT2D eigenvalue weighted by Gasteiger charge is 2.29. The van der Waals surface area contributed by atoms with Crippen LogP contribution in [0.25, 0.3) is 0 Å². The van der Waals surface area contributed by atoms with E-state index in [-0.39, 0.29) is 17.0 Å². The molecule has 1 N–H and O–H groups in total. The minimum atomic E-state index is -4.57. The number of carbonyl (C=O) groups excluding carboxylic acids is 2. The third kappa shape index (κ3) is 6.07. The fourth-order valence-electron chi connectivity index (χ4n) is 1.71. The van der Waals surface area contributed by atoms with Crippen LogP contribution in [0.1, 0.15) is 24.2 Å². The van der Waals surface area contributed by atoms with Gasteiger partial charge in [0.1, 0.15) is 11.9 Å². The van der Waals surface area contributed by atoms with Crippen molar-refractivity contribution in [2.24, 2.45) is 0 Å². The molecule has 1 aromatic carbocycles. The van der Waals surface area contributed by atoms with Crippen molar-refractivity contribution in [2.45, 2.75) is 26.1 Å². The molecule has 0 unspecified atom stereocenters. The predicted molar refractivity (Wildman–Crippen MR) is 79.0 cm³/mol. The number of rotatable bonds is 7. The molecule has 0 aromatic heterocycles. The molecule has 0 saturated carbocycles. The van der Waals surface area contributed by atoms with Gasteiger partial charge in [0.25, 0.3) is 5.91 Å². The number of anilines is 1. The first-order valence-corrected chi connectivity index (χ1v) is 7.02. The molecule has 0 aliphatic rings. The molecule has 24 heavy (non-hydrogen) atoms. The SMILES string of the molecule is CCO[C@H](C)C(=O)Nc1ccc(C(=O)OC)cc1OCC(F)(F)F. The fraction of sp³-hybridized carbons (Fsp3) is 0.467. The van der Waals surface area contributed by atoms with Crippen molar-refractivity contribution in [3.05, 3.63) is 23.8 Å². The Morgan fingerprint density at radius 2 is 1.96 bits per heavy atom. The Morgan fingerprint density at radius 3 is 2.50 bits per heavy atom. The Hall–Kier alpha value is -2.29. The largest absolute Gasteiger partial charge is 0.482 e. The number of nitrogens with one attached hydrogen (secondary N) is 1. The molecule has 0 radical (unpaired) electrons. The van der Waals surface area contributed by atoms with Gasteiger partial charge in [-0.15, -0.1) is 0 Å². The quantitative estimate of drug-likeness (QED) is 0.766. The zero-order valence-corrected chi connectivity index (χ0v) is 13.4. The summed E-state index contributed by atoms with van der Waals surface area (Å²) in [7, 11) is 1.14. The number of carbonyl (C=O) groups is 2. The topological polar surface area (TPSA) is 73.9 Å². The normalized spacial score (nSPS) is 12.4. The number of benzene rings is 1. The molecule has 0 saturated heterocycles. The van der Waals surface area contributed by atoms with Gasteiger partial charge < -0.3 is 19.5 Å². The monoisotopic (exact) mass is 349 g/mol. The van der Waals surface area contributed by atoms with Gasteiger partial charge in [-0.1, -0.05) is 0 Å². The third-order valence-electron chi connectivity index (χ3n) is 2.84. The number of methoxy groups -OCH3 is 1. The van der Waals surface area contributed by atoms with Gasteiger partial charge >= 0.3 is 12.1 Å². The second-order valence-corrected chi connectivity index (χ2v) is 4.69. The van der Waals surface area contributed by atoms with Crippen molar-refractivity contribution >= 4 is 17.6 Å². The number of hydrogen-bond donors (Lipinski definition) is 1. The van der Waals surface area contributed by atoms with Crippen LogP contribution in [-0.2, 0) is 14.3 Å². The van der Waals surface area contributed by atoms with E-state index in [1.54, 1.807) is 6.92 Å². The van der Waals surface area contributed by atoms with Crippen molar-refractivity contribution in [2.75, 3.05) is 25.6 Å².